The van der Waals surface area contributed by atoms with Crippen molar-refractivity contribution in [2.45, 2.75) is 40.0 Å². The van der Waals surface area contributed by atoms with Crippen LogP contribution in [-0.2, 0) is 9.59 Å². The van der Waals surface area contributed by atoms with Gasteiger partial charge in [0.05, 0.1) is 0 Å². The second-order valence-electron chi connectivity index (χ2n) is 5.58. The first-order chi connectivity index (χ1) is 9.49. The van der Waals surface area contributed by atoms with Crippen LogP contribution < -0.4 is 5.32 Å². The van der Waals surface area contributed by atoms with E-state index in [0.29, 0.717) is 13.1 Å². The molecule has 2 amide bonds. The Kier molecular flexibility index (Phi) is 4.42. The highest BCUT2D eigenvalue weighted by Crippen LogP contribution is 2.22. The zero-order valence-electron chi connectivity index (χ0n) is 12.5. The van der Waals surface area contributed by atoms with E-state index in [1.54, 1.807) is 4.90 Å². The van der Waals surface area contributed by atoms with Crippen LogP contribution in [0.25, 0.3) is 0 Å². The molecule has 108 valence electrons. The van der Waals surface area contributed by atoms with E-state index in [2.05, 4.69) is 5.32 Å². The minimum atomic E-state index is -0.526. The van der Waals surface area contributed by atoms with Crippen molar-refractivity contribution in [1.29, 1.82) is 0 Å². The lowest BCUT2D eigenvalue weighted by Crippen LogP contribution is -2.42. The Morgan fingerprint density at radius 1 is 1.00 bits per heavy atom. The van der Waals surface area contributed by atoms with Crippen molar-refractivity contribution in [3.05, 3.63) is 28.8 Å². The van der Waals surface area contributed by atoms with Crippen LogP contribution in [-0.4, -0.2) is 29.8 Å². The maximum Gasteiger partial charge on any atom is 0.313 e. The Bertz CT molecular complexity index is 508. The molecule has 0 aliphatic carbocycles. The van der Waals surface area contributed by atoms with Crippen molar-refractivity contribution < 1.29 is 9.59 Å². The van der Waals surface area contributed by atoms with Gasteiger partial charge in [0, 0.05) is 18.8 Å². The Morgan fingerprint density at radius 2 is 1.55 bits per heavy atom. The molecule has 4 nitrogen and oxygen atoms in total. The fraction of sp³-hybridized carbons (Fsp3) is 0.500. The molecule has 1 fully saturated rings. The third-order valence-corrected chi connectivity index (χ3v) is 3.75. The van der Waals surface area contributed by atoms with Crippen molar-refractivity contribution in [2.75, 3.05) is 18.4 Å². The number of nitrogens with one attached hydrogen (secondary N) is 1. The summed E-state index contributed by atoms with van der Waals surface area (Å²) in [6, 6.07) is 4.02. The number of likely N-dealkylation sites (tertiary alicyclic amines) is 1. The van der Waals surface area contributed by atoms with Gasteiger partial charge in [-0.25, -0.2) is 0 Å². The summed E-state index contributed by atoms with van der Waals surface area (Å²) >= 11 is 0. The summed E-state index contributed by atoms with van der Waals surface area (Å²) < 4.78 is 0. The molecule has 1 aliphatic heterocycles. The summed E-state index contributed by atoms with van der Waals surface area (Å²) in [4.78, 5) is 25.9. The molecule has 4 heteroatoms. The molecule has 1 N–H and O–H groups in total. The van der Waals surface area contributed by atoms with Crippen LogP contribution in [0.5, 0.6) is 0 Å². The van der Waals surface area contributed by atoms with Crippen molar-refractivity contribution >= 4 is 17.5 Å². The molecule has 0 atom stereocenters. The highest BCUT2D eigenvalue weighted by molar-refractivity contribution is 6.39. The van der Waals surface area contributed by atoms with Crippen LogP contribution in [0.1, 0.15) is 36.0 Å². The number of carbonyl (C=O) groups is 2. The van der Waals surface area contributed by atoms with Crippen LogP contribution in [0, 0.1) is 20.8 Å². The first-order valence-corrected chi connectivity index (χ1v) is 7.17. The number of amides is 2. The van der Waals surface area contributed by atoms with Gasteiger partial charge in [0.1, 0.15) is 0 Å². The molecule has 1 aliphatic rings. The maximum atomic E-state index is 12.1. The topological polar surface area (TPSA) is 49.4 Å². The minimum absolute atomic E-state index is 0.413. The lowest BCUT2D eigenvalue weighted by atomic mass is 10.0. The molecule has 1 aromatic carbocycles. The van der Waals surface area contributed by atoms with Crippen molar-refractivity contribution in [3.8, 4) is 0 Å². The van der Waals surface area contributed by atoms with E-state index in [1.165, 1.54) is 0 Å². The molecule has 0 spiro atoms. The van der Waals surface area contributed by atoms with Gasteiger partial charge in [0.15, 0.2) is 0 Å². The lowest BCUT2D eigenvalue weighted by Gasteiger charge is -2.26. The number of aryl methyl sites for hydroxylation is 3. The minimum Gasteiger partial charge on any atom is -0.334 e. The SMILES string of the molecule is Cc1cc(C)c(NC(=O)C(=O)N2CCCCC2)c(C)c1. The first kappa shape index (κ1) is 14.6. The number of carbonyl (C=O) groups excluding carboxylic acids is 2. The van der Waals surface area contributed by atoms with E-state index in [4.69, 9.17) is 0 Å². The third-order valence-electron chi connectivity index (χ3n) is 3.75. The number of anilines is 1. The number of hydrogen-bond acceptors (Lipinski definition) is 2. The lowest BCUT2D eigenvalue weighted by molar-refractivity contribution is -0.143. The number of hydrogen-bond donors (Lipinski definition) is 1. The second-order valence-corrected chi connectivity index (χ2v) is 5.58. The number of rotatable bonds is 1. The quantitative estimate of drug-likeness (QED) is 0.800. The summed E-state index contributed by atoms with van der Waals surface area (Å²) in [5.41, 5.74) is 3.89. The smallest absolute Gasteiger partial charge is 0.313 e. The fourth-order valence-corrected chi connectivity index (χ4v) is 2.78. The third kappa shape index (κ3) is 3.18. The van der Waals surface area contributed by atoms with Crippen LogP contribution in [0.15, 0.2) is 12.1 Å². The average Bonchev–Trinajstić information content (AvgIpc) is 2.42. The van der Waals surface area contributed by atoms with Crippen LogP contribution >= 0.6 is 0 Å². The van der Waals surface area contributed by atoms with Gasteiger partial charge < -0.3 is 10.2 Å². The van der Waals surface area contributed by atoms with E-state index in [1.807, 2.05) is 32.9 Å². The molecule has 0 saturated carbocycles. The second kappa shape index (κ2) is 6.07. The van der Waals surface area contributed by atoms with Crippen molar-refractivity contribution in [2.24, 2.45) is 0 Å². The largest absolute Gasteiger partial charge is 0.334 e. The predicted octanol–water partition coefficient (Wildman–Crippen LogP) is 2.56. The highest BCUT2D eigenvalue weighted by atomic mass is 16.2. The molecule has 1 saturated heterocycles. The van der Waals surface area contributed by atoms with E-state index in [0.717, 1.165) is 41.6 Å². The maximum absolute atomic E-state index is 12.1. The Hall–Kier alpha value is -1.84. The summed E-state index contributed by atoms with van der Waals surface area (Å²) in [5, 5.41) is 2.77. The van der Waals surface area contributed by atoms with Crippen LogP contribution in [0.4, 0.5) is 5.69 Å². The molecular formula is C16H22N2O2. The molecule has 0 bridgehead atoms. The van der Waals surface area contributed by atoms with Gasteiger partial charge in [-0.3, -0.25) is 9.59 Å². The predicted molar refractivity (Wildman–Crippen MR) is 79.7 cm³/mol. The Labute approximate surface area is 120 Å². The zero-order valence-corrected chi connectivity index (χ0v) is 12.5. The molecule has 0 unspecified atom stereocenters. The van der Waals surface area contributed by atoms with E-state index in [9.17, 15) is 9.59 Å². The van der Waals surface area contributed by atoms with Gasteiger partial charge in [-0.2, -0.15) is 0 Å². The fourth-order valence-electron chi connectivity index (χ4n) is 2.78. The zero-order chi connectivity index (χ0) is 14.7. The average molecular weight is 274 g/mol. The van der Waals surface area contributed by atoms with Crippen LogP contribution in [0.2, 0.25) is 0 Å². The molecule has 0 radical (unpaired) electrons. The van der Waals surface area contributed by atoms with Crippen LogP contribution in [0.3, 0.4) is 0 Å². The molecular weight excluding hydrogens is 252 g/mol. The van der Waals surface area contributed by atoms with Gasteiger partial charge in [0.2, 0.25) is 0 Å². The molecule has 1 aromatic rings. The van der Waals surface area contributed by atoms with E-state index in [-0.39, 0.29) is 0 Å². The monoisotopic (exact) mass is 274 g/mol. The summed E-state index contributed by atoms with van der Waals surface area (Å²) in [6.45, 7) is 7.29. The number of piperidine rings is 1. The molecule has 20 heavy (non-hydrogen) atoms. The number of nitrogens with zero attached hydrogens (tertiary/aromatic N) is 1. The van der Waals surface area contributed by atoms with Gasteiger partial charge in [-0.05, 0) is 51.2 Å². The van der Waals surface area contributed by atoms with Gasteiger partial charge in [0.25, 0.3) is 0 Å². The van der Waals surface area contributed by atoms with E-state index >= 15 is 0 Å². The van der Waals surface area contributed by atoms with Gasteiger partial charge in [-0.1, -0.05) is 17.7 Å². The first-order valence-electron chi connectivity index (χ1n) is 7.17. The molecule has 1 heterocycles. The molecule has 0 aromatic heterocycles. The van der Waals surface area contributed by atoms with Gasteiger partial charge in [-0.15, -0.1) is 0 Å². The summed E-state index contributed by atoms with van der Waals surface area (Å²) in [6.07, 6.45) is 3.12. The summed E-state index contributed by atoms with van der Waals surface area (Å²) in [7, 11) is 0. The van der Waals surface area contributed by atoms with Crippen molar-refractivity contribution in [3.63, 3.8) is 0 Å². The number of benzene rings is 1. The summed E-state index contributed by atoms with van der Waals surface area (Å²) in [5.74, 6) is -0.939. The molecule has 2 rings (SSSR count). The normalized spacial score (nSPS) is 15.1. The van der Waals surface area contributed by atoms with Crippen molar-refractivity contribution in [1.82, 2.24) is 4.90 Å². The highest BCUT2D eigenvalue weighted by Gasteiger charge is 2.24. The van der Waals surface area contributed by atoms with E-state index < -0.39 is 11.8 Å². The Morgan fingerprint density at radius 3 is 2.10 bits per heavy atom. The standard InChI is InChI=1S/C16H22N2O2/c1-11-9-12(2)14(13(3)10-11)17-15(19)16(20)18-7-5-4-6-8-18/h9-10H,4-8H2,1-3H3,(H,17,19). The van der Waals surface area contributed by atoms with Gasteiger partial charge >= 0.3 is 11.8 Å². The Balaban J connectivity index is 2.09.